The number of hydrogen-bond acceptors (Lipinski definition) is 2. The minimum atomic E-state index is 0.470. The summed E-state index contributed by atoms with van der Waals surface area (Å²) in [6.07, 6.45) is 6.49. The van der Waals surface area contributed by atoms with Gasteiger partial charge in [-0.2, -0.15) is 0 Å². The molecule has 0 amide bonds. The fraction of sp³-hybridized carbons (Fsp3) is 1.00. The summed E-state index contributed by atoms with van der Waals surface area (Å²) in [5.74, 6) is 0. The SMILES string of the molecule is CCOCCC(CC)(CC)CNC1CC1. The Hall–Kier alpha value is -0.0800. The summed E-state index contributed by atoms with van der Waals surface area (Å²) in [6.45, 7) is 9.64. The molecule has 2 heteroatoms. The van der Waals surface area contributed by atoms with Crippen LogP contribution in [0.5, 0.6) is 0 Å². The second-order valence-electron chi connectivity index (χ2n) is 4.81. The maximum Gasteiger partial charge on any atom is 0.0471 e. The molecule has 90 valence electrons. The van der Waals surface area contributed by atoms with Gasteiger partial charge in [0.1, 0.15) is 0 Å². The van der Waals surface area contributed by atoms with Crippen molar-refractivity contribution in [1.29, 1.82) is 0 Å². The average Bonchev–Trinajstić information content (AvgIpc) is 3.08. The van der Waals surface area contributed by atoms with Gasteiger partial charge in [0.25, 0.3) is 0 Å². The van der Waals surface area contributed by atoms with Gasteiger partial charge in [-0.15, -0.1) is 0 Å². The van der Waals surface area contributed by atoms with Gasteiger partial charge in [-0.25, -0.2) is 0 Å². The molecule has 0 saturated heterocycles. The second kappa shape index (κ2) is 6.49. The van der Waals surface area contributed by atoms with Crippen molar-refractivity contribution < 1.29 is 4.74 Å². The van der Waals surface area contributed by atoms with Gasteiger partial charge in [-0.05, 0) is 44.4 Å². The zero-order valence-corrected chi connectivity index (χ0v) is 10.6. The van der Waals surface area contributed by atoms with Crippen molar-refractivity contribution in [2.45, 2.75) is 58.9 Å². The van der Waals surface area contributed by atoms with Crippen LogP contribution < -0.4 is 5.32 Å². The Morgan fingerprint density at radius 3 is 2.33 bits per heavy atom. The van der Waals surface area contributed by atoms with Gasteiger partial charge in [-0.1, -0.05) is 13.8 Å². The van der Waals surface area contributed by atoms with Crippen molar-refractivity contribution in [2.24, 2.45) is 5.41 Å². The largest absolute Gasteiger partial charge is 0.382 e. The zero-order chi connectivity index (χ0) is 11.1. The van der Waals surface area contributed by atoms with E-state index in [1.54, 1.807) is 0 Å². The van der Waals surface area contributed by atoms with Crippen LogP contribution in [0.15, 0.2) is 0 Å². The molecule has 0 bridgehead atoms. The predicted octanol–water partition coefficient (Wildman–Crippen LogP) is 2.97. The Morgan fingerprint density at radius 2 is 1.87 bits per heavy atom. The first-order valence-electron chi connectivity index (χ1n) is 6.57. The van der Waals surface area contributed by atoms with E-state index < -0.39 is 0 Å². The third-order valence-electron chi connectivity index (χ3n) is 3.82. The van der Waals surface area contributed by atoms with Gasteiger partial charge < -0.3 is 10.1 Å². The molecule has 0 aromatic rings. The van der Waals surface area contributed by atoms with Gasteiger partial charge in [0.2, 0.25) is 0 Å². The van der Waals surface area contributed by atoms with E-state index in [9.17, 15) is 0 Å². The molecule has 0 aromatic carbocycles. The summed E-state index contributed by atoms with van der Waals surface area (Å²) in [4.78, 5) is 0. The highest BCUT2D eigenvalue weighted by molar-refractivity contribution is 4.86. The minimum absolute atomic E-state index is 0.470. The Morgan fingerprint density at radius 1 is 1.20 bits per heavy atom. The molecule has 0 aliphatic heterocycles. The van der Waals surface area contributed by atoms with Crippen LogP contribution in [0.3, 0.4) is 0 Å². The summed E-state index contributed by atoms with van der Waals surface area (Å²) in [5, 5.41) is 3.67. The molecule has 1 fully saturated rings. The van der Waals surface area contributed by atoms with Crippen LogP contribution in [0.2, 0.25) is 0 Å². The molecule has 1 saturated carbocycles. The van der Waals surface area contributed by atoms with E-state index in [-0.39, 0.29) is 0 Å². The van der Waals surface area contributed by atoms with Crippen LogP contribution in [-0.2, 0) is 4.74 Å². The zero-order valence-electron chi connectivity index (χ0n) is 10.6. The molecule has 1 aliphatic carbocycles. The first-order valence-corrected chi connectivity index (χ1v) is 6.57. The third-order valence-corrected chi connectivity index (χ3v) is 3.82. The third kappa shape index (κ3) is 4.52. The molecule has 0 heterocycles. The molecule has 15 heavy (non-hydrogen) atoms. The van der Waals surface area contributed by atoms with Crippen LogP contribution in [0, 0.1) is 5.41 Å². The second-order valence-corrected chi connectivity index (χ2v) is 4.81. The lowest BCUT2D eigenvalue weighted by Crippen LogP contribution is -2.35. The van der Waals surface area contributed by atoms with Gasteiger partial charge in [0, 0.05) is 25.8 Å². The highest BCUT2D eigenvalue weighted by Gasteiger charge is 2.29. The topological polar surface area (TPSA) is 21.3 Å². The van der Waals surface area contributed by atoms with E-state index in [1.807, 2.05) is 0 Å². The maximum absolute atomic E-state index is 5.49. The molecule has 1 aliphatic rings. The van der Waals surface area contributed by atoms with Crippen molar-refractivity contribution in [1.82, 2.24) is 5.32 Å². The number of rotatable bonds is 9. The smallest absolute Gasteiger partial charge is 0.0471 e. The van der Waals surface area contributed by atoms with Crippen molar-refractivity contribution in [3.63, 3.8) is 0 Å². The van der Waals surface area contributed by atoms with Crippen molar-refractivity contribution in [3.05, 3.63) is 0 Å². The average molecular weight is 213 g/mol. The fourth-order valence-electron chi connectivity index (χ4n) is 2.02. The molecule has 0 radical (unpaired) electrons. The summed E-state index contributed by atoms with van der Waals surface area (Å²) >= 11 is 0. The lowest BCUT2D eigenvalue weighted by molar-refractivity contribution is 0.0960. The molecule has 2 nitrogen and oxygen atoms in total. The monoisotopic (exact) mass is 213 g/mol. The van der Waals surface area contributed by atoms with Crippen molar-refractivity contribution >= 4 is 0 Å². The Labute approximate surface area is 94.8 Å². The molecule has 0 aromatic heterocycles. The lowest BCUT2D eigenvalue weighted by atomic mass is 9.79. The maximum atomic E-state index is 5.49. The van der Waals surface area contributed by atoms with E-state index in [2.05, 4.69) is 26.1 Å². The van der Waals surface area contributed by atoms with E-state index in [0.717, 1.165) is 19.3 Å². The van der Waals surface area contributed by atoms with Gasteiger partial charge in [0.15, 0.2) is 0 Å². The fourth-order valence-corrected chi connectivity index (χ4v) is 2.02. The highest BCUT2D eigenvalue weighted by Crippen LogP contribution is 2.31. The molecular weight excluding hydrogens is 186 g/mol. The van der Waals surface area contributed by atoms with Crippen LogP contribution >= 0.6 is 0 Å². The minimum Gasteiger partial charge on any atom is -0.382 e. The van der Waals surface area contributed by atoms with Crippen LogP contribution in [0.1, 0.15) is 52.9 Å². The van der Waals surface area contributed by atoms with Crippen molar-refractivity contribution in [2.75, 3.05) is 19.8 Å². The standard InChI is InChI=1S/C13H27NO/c1-4-13(5-2,9-10-15-6-3)11-14-12-7-8-12/h12,14H,4-11H2,1-3H3. The highest BCUT2D eigenvalue weighted by atomic mass is 16.5. The summed E-state index contributed by atoms with van der Waals surface area (Å²) in [5.41, 5.74) is 0.470. The summed E-state index contributed by atoms with van der Waals surface area (Å²) in [7, 11) is 0. The molecule has 0 atom stereocenters. The van der Waals surface area contributed by atoms with E-state index in [0.29, 0.717) is 5.41 Å². The van der Waals surface area contributed by atoms with Gasteiger partial charge >= 0.3 is 0 Å². The van der Waals surface area contributed by atoms with E-state index >= 15 is 0 Å². The molecule has 1 N–H and O–H groups in total. The van der Waals surface area contributed by atoms with E-state index in [4.69, 9.17) is 4.74 Å². The number of hydrogen-bond donors (Lipinski definition) is 1. The van der Waals surface area contributed by atoms with Crippen LogP contribution in [-0.4, -0.2) is 25.8 Å². The number of ether oxygens (including phenoxy) is 1. The van der Waals surface area contributed by atoms with Crippen LogP contribution in [0.25, 0.3) is 0 Å². The number of nitrogens with one attached hydrogen (secondary N) is 1. The molecule has 0 spiro atoms. The first-order chi connectivity index (χ1) is 7.26. The van der Waals surface area contributed by atoms with Crippen molar-refractivity contribution in [3.8, 4) is 0 Å². The summed E-state index contributed by atoms with van der Waals surface area (Å²) < 4.78 is 5.49. The molecule has 0 unspecified atom stereocenters. The quantitative estimate of drug-likeness (QED) is 0.595. The lowest BCUT2D eigenvalue weighted by Gasteiger charge is -2.32. The first kappa shape index (κ1) is 13.0. The molecule has 1 rings (SSSR count). The molecular formula is C13H27NO. The van der Waals surface area contributed by atoms with E-state index in [1.165, 1.54) is 38.6 Å². The Kier molecular flexibility index (Phi) is 5.62. The Bertz CT molecular complexity index is 162. The van der Waals surface area contributed by atoms with Gasteiger partial charge in [0.05, 0.1) is 0 Å². The van der Waals surface area contributed by atoms with Crippen LogP contribution in [0.4, 0.5) is 0 Å². The normalized spacial score (nSPS) is 17.0. The van der Waals surface area contributed by atoms with Gasteiger partial charge in [-0.3, -0.25) is 0 Å². The predicted molar refractivity (Wildman–Crippen MR) is 65.1 cm³/mol. The Balaban J connectivity index is 2.28. The summed E-state index contributed by atoms with van der Waals surface area (Å²) in [6, 6.07) is 0.828.